The van der Waals surface area contributed by atoms with Crippen LogP contribution in [0.15, 0.2) is 4.52 Å². The van der Waals surface area contributed by atoms with Gasteiger partial charge in [0, 0.05) is 26.6 Å². The van der Waals surface area contributed by atoms with Gasteiger partial charge < -0.3 is 4.52 Å². The summed E-state index contributed by atoms with van der Waals surface area (Å²) in [6.07, 6.45) is 1.66. The van der Waals surface area contributed by atoms with Gasteiger partial charge in [0.1, 0.15) is 0 Å². The molecule has 8 heteroatoms. The van der Waals surface area contributed by atoms with Gasteiger partial charge in [-0.15, -0.1) is 0 Å². The Hall–Kier alpha value is -0.990. The second-order valence-electron chi connectivity index (χ2n) is 4.20. The molecule has 1 heterocycles. The number of hydrogen-bond acceptors (Lipinski definition) is 5. The van der Waals surface area contributed by atoms with Crippen molar-refractivity contribution in [3.8, 4) is 0 Å². The highest BCUT2D eigenvalue weighted by Gasteiger charge is 2.25. The third-order valence-corrected chi connectivity index (χ3v) is 4.85. The van der Waals surface area contributed by atoms with Crippen LogP contribution in [0.4, 0.5) is 0 Å². The highest BCUT2D eigenvalue weighted by molar-refractivity contribution is 7.86. The maximum absolute atomic E-state index is 12.2. The fraction of sp³-hybridized carbons (Fsp3) is 0.818. The molecule has 0 saturated heterocycles. The molecule has 0 aliphatic heterocycles. The monoisotopic (exact) mass is 290 g/mol. The van der Waals surface area contributed by atoms with Crippen LogP contribution in [0, 0.1) is 0 Å². The highest BCUT2D eigenvalue weighted by atomic mass is 32.2. The van der Waals surface area contributed by atoms with Crippen molar-refractivity contribution in [1.82, 2.24) is 18.8 Å². The molecule has 1 aromatic heterocycles. The molecular weight excluding hydrogens is 268 g/mol. The standard InChI is InChI=1S/C11H22N4O3S/c1-5-8-10-12-11(18-13-10)9-14(4)19(16,17)15(6-2)7-3/h5-9H2,1-4H3. The lowest BCUT2D eigenvalue weighted by Crippen LogP contribution is -2.41. The Morgan fingerprint density at radius 2 is 1.84 bits per heavy atom. The summed E-state index contributed by atoms with van der Waals surface area (Å²) in [4.78, 5) is 4.16. The SMILES string of the molecule is CCCc1noc(CN(C)S(=O)(=O)N(CC)CC)n1. The predicted molar refractivity (Wildman–Crippen MR) is 71.6 cm³/mol. The zero-order chi connectivity index (χ0) is 14.5. The van der Waals surface area contributed by atoms with E-state index in [0.717, 1.165) is 12.8 Å². The van der Waals surface area contributed by atoms with Crippen molar-refractivity contribution in [1.29, 1.82) is 0 Å². The van der Waals surface area contributed by atoms with Gasteiger partial charge in [-0.1, -0.05) is 25.9 Å². The molecule has 0 aliphatic rings. The van der Waals surface area contributed by atoms with E-state index in [-0.39, 0.29) is 6.54 Å². The lowest BCUT2D eigenvalue weighted by molar-refractivity contribution is 0.316. The van der Waals surface area contributed by atoms with Gasteiger partial charge in [-0.25, -0.2) is 0 Å². The number of hydrogen-bond donors (Lipinski definition) is 0. The van der Waals surface area contributed by atoms with Crippen molar-refractivity contribution < 1.29 is 12.9 Å². The molecule has 0 N–H and O–H groups in total. The smallest absolute Gasteiger partial charge is 0.282 e. The van der Waals surface area contributed by atoms with E-state index in [4.69, 9.17) is 4.52 Å². The van der Waals surface area contributed by atoms with E-state index in [1.165, 1.54) is 15.7 Å². The number of aryl methyl sites for hydroxylation is 1. The molecular formula is C11H22N4O3S. The summed E-state index contributed by atoms with van der Waals surface area (Å²) >= 11 is 0. The third kappa shape index (κ3) is 3.99. The van der Waals surface area contributed by atoms with Crippen LogP contribution in [0.1, 0.15) is 38.9 Å². The number of rotatable bonds is 8. The van der Waals surface area contributed by atoms with Crippen LogP contribution in [0.25, 0.3) is 0 Å². The van der Waals surface area contributed by atoms with Gasteiger partial charge in [0.25, 0.3) is 10.2 Å². The zero-order valence-corrected chi connectivity index (χ0v) is 12.8. The predicted octanol–water partition coefficient (Wildman–Crippen LogP) is 1.04. The molecule has 0 aliphatic carbocycles. The Kier molecular flexibility index (Phi) is 5.89. The van der Waals surface area contributed by atoms with Gasteiger partial charge in [-0.2, -0.15) is 22.0 Å². The molecule has 19 heavy (non-hydrogen) atoms. The molecule has 0 radical (unpaired) electrons. The van der Waals surface area contributed by atoms with Gasteiger partial charge in [0.05, 0.1) is 6.54 Å². The van der Waals surface area contributed by atoms with E-state index in [9.17, 15) is 8.42 Å². The second kappa shape index (κ2) is 6.97. The first-order valence-corrected chi connectivity index (χ1v) is 7.88. The van der Waals surface area contributed by atoms with Crippen LogP contribution in [0.3, 0.4) is 0 Å². The number of nitrogens with zero attached hydrogens (tertiary/aromatic N) is 4. The first-order valence-electron chi connectivity index (χ1n) is 6.48. The van der Waals surface area contributed by atoms with Crippen LogP contribution in [0.5, 0.6) is 0 Å². The molecule has 0 spiro atoms. The minimum Gasteiger partial charge on any atom is -0.338 e. The van der Waals surface area contributed by atoms with Crippen molar-refractivity contribution >= 4 is 10.2 Å². The van der Waals surface area contributed by atoms with E-state index in [1.54, 1.807) is 13.8 Å². The van der Waals surface area contributed by atoms with Crippen LogP contribution >= 0.6 is 0 Å². The molecule has 0 fully saturated rings. The summed E-state index contributed by atoms with van der Waals surface area (Å²) in [6.45, 7) is 6.60. The largest absolute Gasteiger partial charge is 0.338 e. The van der Waals surface area contributed by atoms with Crippen molar-refractivity contribution in [3.05, 3.63) is 11.7 Å². The Balaban J connectivity index is 2.75. The molecule has 1 aromatic rings. The van der Waals surface area contributed by atoms with E-state index >= 15 is 0 Å². The lowest BCUT2D eigenvalue weighted by Gasteiger charge is -2.24. The molecule has 0 saturated carbocycles. The van der Waals surface area contributed by atoms with E-state index in [0.29, 0.717) is 24.8 Å². The number of aromatic nitrogens is 2. The molecule has 0 aromatic carbocycles. The van der Waals surface area contributed by atoms with Gasteiger partial charge in [0.2, 0.25) is 5.89 Å². The average molecular weight is 290 g/mol. The Bertz CT molecular complexity index is 482. The topological polar surface area (TPSA) is 79.5 Å². The maximum Gasteiger partial charge on any atom is 0.282 e. The first-order chi connectivity index (χ1) is 8.95. The zero-order valence-electron chi connectivity index (χ0n) is 12.0. The van der Waals surface area contributed by atoms with Crippen molar-refractivity contribution in [2.24, 2.45) is 0 Å². The fourth-order valence-corrected chi connectivity index (χ4v) is 3.02. The first kappa shape index (κ1) is 16.1. The van der Waals surface area contributed by atoms with Crippen molar-refractivity contribution in [3.63, 3.8) is 0 Å². The van der Waals surface area contributed by atoms with Gasteiger partial charge >= 0.3 is 0 Å². The lowest BCUT2D eigenvalue weighted by atomic mass is 10.3. The van der Waals surface area contributed by atoms with E-state index in [1.807, 2.05) is 6.92 Å². The van der Waals surface area contributed by atoms with Gasteiger partial charge in [-0.05, 0) is 6.42 Å². The molecule has 1 rings (SSSR count). The third-order valence-electron chi connectivity index (χ3n) is 2.77. The van der Waals surface area contributed by atoms with Gasteiger partial charge in [-0.3, -0.25) is 0 Å². The average Bonchev–Trinajstić information content (AvgIpc) is 2.78. The molecule has 0 atom stereocenters. The van der Waals surface area contributed by atoms with Gasteiger partial charge in [0.15, 0.2) is 5.82 Å². The summed E-state index contributed by atoms with van der Waals surface area (Å²) in [5.41, 5.74) is 0. The minimum absolute atomic E-state index is 0.0928. The molecule has 0 amide bonds. The molecule has 7 nitrogen and oxygen atoms in total. The molecule has 110 valence electrons. The minimum atomic E-state index is -3.46. The Morgan fingerprint density at radius 1 is 1.21 bits per heavy atom. The Labute approximate surface area is 114 Å². The fourth-order valence-electron chi connectivity index (χ4n) is 1.70. The van der Waals surface area contributed by atoms with Crippen LogP contribution in [-0.2, 0) is 23.2 Å². The summed E-state index contributed by atoms with van der Waals surface area (Å²) in [7, 11) is -1.95. The highest BCUT2D eigenvalue weighted by Crippen LogP contribution is 2.10. The van der Waals surface area contributed by atoms with E-state index in [2.05, 4.69) is 10.1 Å². The van der Waals surface area contributed by atoms with Crippen molar-refractivity contribution in [2.75, 3.05) is 20.1 Å². The Morgan fingerprint density at radius 3 is 2.37 bits per heavy atom. The normalized spacial score (nSPS) is 12.5. The van der Waals surface area contributed by atoms with Crippen molar-refractivity contribution in [2.45, 2.75) is 40.2 Å². The quantitative estimate of drug-likeness (QED) is 0.714. The second-order valence-corrected chi connectivity index (χ2v) is 6.24. The summed E-state index contributed by atoms with van der Waals surface area (Å²) in [5, 5.41) is 3.81. The van der Waals surface area contributed by atoms with Crippen LogP contribution in [0.2, 0.25) is 0 Å². The summed E-state index contributed by atoms with van der Waals surface area (Å²) in [6, 6.07) is 0. The van der Waals surface area contributed by atoms with Crippen LogP contribution < -0.4 is 0 Å². The van der Waals surface area contributed by atoms with E-state index < -0.39 is 10.2 Å². The molecule has 0 bridgehead atoms. The summed E-state index contributed by atoms with van der Waals surface area (Å²) in [5.74, 6) is 0.938. The molecule has 0 unspecified atom stereocenters. The van der Waals surface area contributed by atoms with Crippen LogP contribution in [-0.4, -0.2) is 47.3 Å². The summed E-state index contributed by atoms with van der Waals surface area (Å²) < 4.78 is 32.0. The maximum atomic E-state index is 12.2.